The Morgan fingerprint density at radius 2 is 1.70 bits per heavy atom. The molecule has 0 spiro atoms. The number of para-hydroxylation sites is 1. The number of nitrogens with zero attached hydrogens (tertiary/aromatic N) is 4. The first-order chi connectivity index (χ1) is 18.1. The highest BCUT2D eigenvalue weighted by molar-refractivity contribution is 6.00. The second-order valence-electron chi connectivity index (χ2n) is 8.38. The van der Waals surface area contributed by atoms with Crippen LogP contribution in [0.2, 0.25) is 0 Å². The van der Waals surface area contributed by atoms with E-state index in [1.165, 1.54) is 4.57 Å². The number of hydrazine groups is 1. The zero-order chi connectivity index (χ0) is 25.8. The molecular weight excluding hydrogens is 468 g/mol. The number of hydrogen-bond acceptors (Lipinski definition) is 6. The Morgan fingerprint density at radius 3 is 2.43 bits per heavy atom. The third kappa shape index (κ3) is 4.92. The molecule has 0 aliphatic rings. The monoisotopic (exact) mass is 494 g/mol. The molecule has 2 N–H and O–H groups in total. The number of benzene rings is 3. The van der Waals surface area contributed by atoms with Gasteiger partial charge in [0.15, 0.2) is 0 Å². The number of rotatable bonds is 8. The summed E-state index contributed by atoms with van der Waals surface area (Å²) in [5, 5.41) is 5.23. The van der Waals surface area contributed by atoms with Crippen LogP contribution in [0.25, 0.3) is 22.2 Å². The lowest BCUT2D eigenvalue weighted by Crippen LogP contribution is -2.34. The van der Waals surface area contributed by atoms with E-state index in [0.717, 1.165) is 11.1 Å². The van der Waals surface area contributed by atoms with Crippen LogP contribution in [0.15, 0.2) is 89.9 Å². The lowest BCUT2D eigenvalue weighted by atomic mass is 10.1. The van der Waals surface area contributed by atoms with E-state index in [-0.39, 0.29) is 11.5 Å². The van der Waals surface area contributed by atoms with Gasteiger partial charge >= 0.3 is 0 Å². The lowest BCUT2D eigenvalue weighted by Gasteiger charge is -2.14. The van der Waals surface area contributed by atoms with E-state index in [9.17, 15) is 9.59 Å². The number of fused-ring (bicyclic) bond motifs is 1. The van der Waals surface area contributed by atoms with Crippen molar-refractivity contribution < 1.29 is 9.53 Å². The number of hydrogen-bond donors (Lipinski definition) is 2. The molecule has 2 aromatic heterocycles. The molecule has 9 heteroatoms. The minimum absolute atomic E-state index is 0.181. The number of carbonyl (C=O) groups excluding carboxylic acids is 1. The van der Waals surface area contributed by atoms with Crippen LogP contribution in [-0.2, 0) is 13.1 Å². The molecule has 1 amide bonds. The van der Waals surface area contributed by atoms with Gasteiger partial charge in [-0.15, -0.1) is 0 Å². The van der Waals surface area contributed by atoms with Gasteiger partial charge < -0.3 is 4.74 Å². The Bertz CT molecular complexity index is 1610. The van der Waals surface area contributed by atoms with Crippen molar-refractivity contribution in [3.05, 3.63) is 107 Å². The summed E-state index contributed by atoms with van der Waals surface area (Å²) in [5.41, 5.74) is 8.64. The van der Waals surface area contributed by atoms with Gasteiger partial charge in [-0.25, -0.2) is 4.98 Å². The Kier molecular flexibility index (Phi) is 6.67. The van der Waals surface area contributed by atoms with Crippen LogP contribution in [0.5, 0.6) is 5.75 Å². The van der Waals surface area contributed by atoms with Crippen molar-refractivity contribution >= 4 is 22.8 Å². The minimum atomic E-state index is -0.407. The summed E-state index contributed by atoms with van der Waals surface area (Å²) in [6, 6.07) is 24.4. The largest absolute Gasteiger partial charge is 0.497 e. The van der Waals surface area contributed by atoms with Crippen molar-refractivity contribution in [1.82, 2.24) is 24.8 Å². The van der Waals surface area contributed by atoms with Crippen molar-refractivity contribution in [3.8, 4) is 17.0 Å². The van der Waals surface area contributed by atoms with E-state index in [4.69, 9.17) is 9.84 Å². The van der Waals surface area contributed by atoms with E-state index < -0.39 is 5.91 Å². The summed E-state index contributed by atoms with van der Waals surface area (Å²) < 4.78 is 8.48. The average Bonchev–Trinajstić information content (AvgIpc) is 3.36. The van der Waals surface area contributed by atoms with Gasteiger partial charge in [0.1, 0.15) is 11.4 Å². The van der Waals surface area contributed by atoms with Crippen molar-refractivity contribution in [2.75, 3.05) is 12.5 Å². The summed E-state index contributed by atoms with van der Waals surface area (Å²) in [7, 11) is 1.60. The van der Waals surface area contributed by atoms with E-state index in [0.29, 0.717) is 41.0 Å². The van der Waals surface area contributed by atoms with E-state index in [1.54, 1.807) is 36.2 Å². The average molecular weight is 495 g/mol. The number of nitrogens with one attached hydrogen (secondary N) is 2. The number of amides is 1. The van der Waals surface area contributed by atoms with Crippen LogP contribution in [0, 0.1) is 0 Å². The van der Waals surface area contributed by atoms with E-state index >= 15 is 0 Å². The Labute approximate surface area is 213 Å². The van der Waals surface area contributed by atoms with Crippen molar-refractivity contribution in [2.24, 2.45) is 0 Å². The number of ether oxygens (including phenoxy) is 1. The minimum Gasteiger partial charge on any atom is -0.497 e. The summed E-state index contributed by atoms with van der Waals surface area (Å²) in [6.45, 7) is 2.74. The third-order valence-electron chi connectivity index (χ3n) is 6.02. The molecule has 0 saturated carbocycles. The van der Waals surface area contributed by atoms with Crippen LogP contribution < -0.4 is 21.1 Å². The molecule has 2 heterocycles. The smallest absolute Gasteiger partial charge is 0.273 e. The molecule has 0 radical (unpaired) electrons. The van der Waals surface area contributed by atoms with Crippen molar-refractivity contribution in [3.63, 3.8) is 0 Å². The van der Waals surface area contributed by atoms with E-state index in [2.05, 4.69) is 15.8 Å². The van der Waals surface area contributed by atoms with Gasteiger partial charge in [-0.05, 0) is 48.9 Å². The molecule has 0 fully saturated rings. The predicted octanol–water partition coefficient (Wildman–Crippen LogP) is 4.09. The highest BCUT2D eigenvalue weighted by atomic mass is 16.5. The maximum Gasteiger partial charge on any atom is 0.273 e. The molecule has 37 heavy (non-hydrogen) atoms. The fourth-order valence-electron chi connectivity index (χ4n) is 4.14. The quantitative estimate of drug-likeness (QED) is 0.315. The maximum absolute atomic E-state index is 13.4. The molecule has 5 aromatic rings. The van der Waals surface area contributed by atoms with Gasteiger partial charge in [-0.2, -0.15) is 5.10 Å². The number of carbonyl (C=O) groups is 1. The van der Waals surface area contributed by atoms with Gasteiger partial charge in [-0.3, -0.25) is 29.7 Å². The normalized spacial score (nSPS) is 10.9. The third-order valence-corrected chi connectivity index (χ3v) is 6.02. The summed E-state index contributed by atoms with van der Waals surface area (Å²) in [4.78, 5) is 30.8. The van der Waals surface area contributed by atoms with Gasteiger partial charge in [0.2, 0.25) is 5.95 Å². The van der Waals surface area contributed by atoms with Gasteiger partial charge in [0, 0.05) is 18.3 Å². The van der Waals surface area contributed by atoms with E-state index in [1.807, 2.05) is 67.6 Å². The lowest BCUT2D eigenvalue weighted by molar-refractivity contribution is 0.0962. The van der Waals surface area contributed by atoms with Crippen LogP contribution in [-0.4, -0.2) is 32.3 Å². The second kappa shape index (κ2) is 10.4. The topological polar surface area (TPSA) is 103 Å². The van der Waals surface area contributed by atoms with Gasteiger partial charge in [0.25, 0.3) is 11.5 Å². The molecule has 0 aliphatic heterocycles. The molecule has 3 aromatic carbocycles. The Morgan fingerprint density at radius 1 is 0.973 bits per heavy atom. The number of methoxy groups -OCH3 is 1. The van der Waals surface area contributed by atoms with Crippen molar-refractivity contribution in [1.29, 1.82) is 0 Å². The molecule has 0 unspecified atom stereocenters. The maximum atomic E-state index is 13.4. The van der Waals surface area contributed by atoms with Crippen LogP contribution in [0.3, 0.4) is 0 Å². The Hall–Kier alpha value is -4.92. The predicted molar refractivity (Wildman–Crippen MR) is 143 cm³/mol. The zero-order valence-electron chi connectivity index (χ0n) is 20.5. The molecule has 0 atom stereocenters. The first-order valence-electron chi connectivity index (χ1n) is 11.9. The molecule has 186 valence electrons. The van der Waals surface area contributed by atoms with Crippen LogP contribution in [0.1, 0.15) is 22.8 Å². The summed E-state index contributed by atoms with van der Waals surface area (Å²) in [6.07, 6.45) is 1.71. The SMILES string of the molecule is CCn1c(NNC(=O)c2cn(Cc3ccccc3)nc2-c2ccc(OC)cc2)nc2ccccc2c1=O. The fraction of sp³-hybridized carbons (Fsp3) is 0.143. The molecule has 5 rings (SSSR count). The second-order valence-corrected chi connectivity index (χ2v) is 8.38. The van der Waals surface area contributed by atoms with Gasteiger partial charge in [0.05, 0.1) is 30.1 Å². The highest BCUT2D eigenvalue weighted by Gasteiger charge is 2.19. The summed E-state index contributed by atoms with van der Waals surface area (Å²) in [5.74, 6) is 0.553. The molecule has 0 bridgehead atoms. The van der Waals surface area contributed by atoms with Gasteiger partial charge in [-0.1, -0.05) is 42.5 Å². The van der Waals surface area contributed by atoms with Crippen molar-refractivity contribution in [2.45, 2.75) is 20.0 Å². The van der Waals surface area contributed by atoms with Crippen LogP contribution >= 0.6 is 0 Å². The first-order valence-corrected chi connectivity index (χ1v) is 11.9. The number of aromatic nitrogens is 4. The first kappa shape index (κ1) is 23.8. The fourth-order valence-corrected chi connectivity index (χ4v) is 4.14. The van der Waals surface area contributed by atoms with Crippen LogP contribution in [0.4, 0.5) is 5.95 Å². The standard InChI is InChI=1S/C28H26N6O3/c1-3-34-27(36)22-11-7-8-12-24(22)29-28(34)31-30-26(35)23-18-33(17-19-9-5-4-6-10-19)32-25(23)20-13-15-21(37-2)16-14-20/h4-16,18H,3,17H2,1-2H3,(H,29,31)(H,30,35). The molecule has 0 saturated heterocycles. The zero-order valence-corrected chi connectivity index (χ0v) is 20.5. The number of anilines is 1. The summed E-state index contributed by atoms with van der Waals surface area (Å²) >= 11 is 0. The molecule has 0 aliphatic carbocycles. The molecular formula is C28H26N6O3. The Balaban J connectivity index is 1.46. The molecule has 9 nitrogen and oxygen atoms in total. The highest BCUT2D eigenvalue weighted by Crippen LogP contribution is 2.25.